The molecule has 9 aromatic rings. The average molecular weight is 881 g/mol. The molecule has 0 fully saturated rings. The molecule has 0 radical (unpaired) electrons. The molecule has 0 N–H and O–H groups in total. The molecule has 9 aromatic carbocycles. The van der Waals surface area contributed by atoms with Crippen molar-refractivity contribution in [2.24, 2.45) is 0 Å². The van der Waals surface area contributed by atoms with Crippen molar-refractivity contribution in [2.75, 3.05) is 9.80 Å². The summed E-state index contributed by atoms with van der Waals surface area (Å²) in [7, 11) is 0. The van der Waals surface area contributed by atoms with Crippen LogP contribution in [-0.4, -0.2) is 6.04 Å². The molecule has 1 aliphatic carbocycles. The van der Waals surface area contributed by atoms with Gasteiger partial charge in [-0.3, -0.25) is 0 Å². The zero-order valence-electron chi connectivity index (χ0n) is 40.3. The predicted octanol–water partition coefficient (Wildman–Crippen LogP) is 17.6. The molecular formula is C64H56N4. The van der Waals surface area contributed by atoms with Crippen molar-refractivity contribution in [2.45, 2.75) is 79.7 Å². The maximum Gasteiger partial charge on any atom is 0.0991 e. The van der Waals surface area contributed by atoms with Crippen LogP contribution in [-0.2, 0) is 0 Å². The molecule has 1 aliphatic rings. The molecule has 0 heterocycles. The van der Waals surface area contributed by atoms with Crippen LogP contribution in [0.5, 0.6) is 0 Å². The van der Waals surface area contributed by atoms with Gasteiger partial charge in [-0.1, -0.05) is 142 Å². The number of hydrogen-bond donors (Lipinski definition) is 0. The molecule has 1 unspecified atom stereocenters. The lowest BCUT2D eigenvalue weighted by Crippen LogP contribution is -2.34. The number of anilines is 5. The maximum atomic E-state index is 9.60. The minimum atomic E-state index is 0.0370. The molecule has 0 spiro atoms. The number of para-hydroxylation sites is 2. The lowest BCUT2D eigenvalue weighted by Gasteiger charge is -2.39. The first-order chi connectivity index (χ1) is 32.9. The van der Waals surface area contributed by atoms with Gasteiger partial charge in [-0.05, 0) is 172 Å². The lowest BCUT2D eigenvalue weighted by molar-refractivity contribution is 0.750. The molecule has 4 nitrogen and oxygen atoms in total. The van der Waals surface area contributed by atoms with Gasteiger partial charge >= 0.3 is 0 Å². The molecule has 68 heavy (non-hydrogen) atoms. The molecule has 4 heteroatoms. The summed E-state index contributed by atoms with van der Waals surface area (Å²) in [4.78, 5) is 5.14. The molecule has 0 saturated heterocycles. The van der Waals surface area contributed by atoms with Crippen LogP contribution in [0.1, 0.15) is 97.4 Å². The van der Waals surface area contributed by atoms with Gasteiger partial charge in [-0.15, -0.1) is 0 Å². The summed E-state index contributed by atoms with van der Waals surface area (Å²) < 4.78 is 0. The SMILES string of the molecule is CC1=CC=C(c2ccc(C#N)cc2)CC1N(c1ccccc1C)c1cc(C(C)C)c2ccc3c(N(c4ccccc4C)c4cc(-c5ccc(C#N)cc5)ccc4C)cc(C(C)C)c4ccc1c2c43. The highest BCUT2D eigenvalue weighted by molar-refractivity contribution is 6.29. The van der Waals surface area contributed by atoms with Crippen molar-refractivity contribution in [1.29, 1.82) is 10.5 Å². The smallest absolute Gasteiger partial charge is 0.0991 e. The van der Waals surface area contributed by atoms with E-state index in [4.69, 9.17) is 0 Å². The van der Waals surface area contributed by atoms with E-state index in [1.807, 2.05) is 24.3 Å². The Balaban J connectivity index is 1.27. The third kappa shape index (κ3) is 7.57. The van der Waals surface area contributed by atoms with Crippen molar-refractivity contribution >= 4 is 66.3 Å². The molecule has 1 atom stereocenters. The standard InChI is InChI=1S/C64H56N4/c1-39(2)55-35-61(67(57-15-11-9-13-41(57)5)59-33-49(23-17-43(59)7)47-25-19-45(37-65)20-26-47)53-32-30-52-56(40(3)4)36-62(54-31-29-51(55)63(53)64(52)54)68(58-16-12-10-14-42(58)6)60-34-50(24-18-44(60)8)48-27-21-46(38-66)22-28-48/h9-33,35-36,39-40,60H,34H2,1-8H3. The minimum absolute atomic E-state index is 0.0370. The van der Waals surface area contributed by atoms with E-state index >= 15 is 0 Å². The zero-order valence-corrected chi connectivity index (χ0v) is 40.3. The van der Waals surface area contributed by atoms with Crippen molar-refractivity contribution in [1.82, 2.24) is 0 Å². The summed E-state index contributed by atoms with van der Waals surface area (Å²) in [6.07, 6.45) is 5.38. The Morgan fingerprint density at radius 1 is 0.456 bits per heavy atom. The van der Waals surface area contributed by atoms with Crippen LogP contribution in [0.25, 0.3) is 49.0 Å². The fourth-order valence-electron chi connectivity index (χ4n) is 10.7. The van der Waals surface area contributed by atoms with Crippen LogP contribution in [0.3, 0.4) is 0 Å². The summed E-state index contributed by atoms with van der Waals surface area (Å²) in [5.74, 6) is 0.507. The van der Waals surface area contributed by atoms with Crippen molar-refractivity contribution in [3.8, 4) is 23.3 Å². The third-order valence-corrected chi connectivity index (χ3v) is 14.4. The summed E-state index contributed by atoms with van der Waals surface area (Å²) in [5.41, 5.74) is 19.2. The molecule has 0 aliphatic heterocycles. The first kappa shape index (κ1) is 43.9. The Morgan fingerprint density at radius 3 is 1.50 bits per heavy atom. The molecular weight excluding hydrogens is 825 g/mol. The lowest BCUT2D eigenvalue weighted by atomic mass is 9.83. The molecule has 10 rings (SSSR count). The van der Waals surface area contributed by atoms with Crippen LogP contribution in [0.2, 0.25) is 0 Å². The first-order valence-electron chi connectivity index (χ1n) is 23.9. The number of benzene rings is 9. The summed E-state index contributed by atoms with van der Waals surface area (Å²) in [6.45, 7) is 18.3. The summed E-state index contributed by atoms with van der Waals surface area (Å²) in [6, 6.07) is 59.5. The van der Waals surface area contributed by atoms with E-state index in [2.05, 4.69) is 217 Å². The number of rotatable bonds is 10. The van der Waals surface area contributed by atoms with E-state index in [-0.39, 0.29) is 17.9 Å². The topological polar surface area (TPSA) is 54.1 Å². The first-order valence-corrected chi connectivity index (χ1v) is 23.9. The fraction of sp³-hybridized carbons (Fsp3) is 0.188. The second-order valence-electron chi connectivity index (χ2n) is 19.3. The Labute approximate surface area is 401 Å². The number of nitriles is 2. The van der Waals surface area contributed by atoms with Gasteiger partial charge in [0.25, 0.3) is 0 Å². The molecule has 0 bridgehead atoms. The van der Waals surface area contributed by atoms with Crippen LogP contribution < -0.4 is 9.80 Å². The van der Waals surface area contributed by atoms with Crippen molar-refractivity contribution in [3.05, 3.63) is 214 Å². The van der Waals surface area contributed by atoms with E-state index in [1.54, 1.807) is 0 Å². The molecule has 0 amide bonds. The highest BCUT2D eigenvalue weighted by Gasteiger charge is 2.31. The van der Waals surface area contributed by atoms with E-state index in [0.29, 0.717) is 11.1 Å². The molecule has 0 saturated carbocycles. The predicted molar refractivity (Wildman–Crippen MR) is 287 cm³/mol. The Hall–Kier alpha value is -7.92. The van der Waals surface area contributed by atoms with Gasteiger partial charge in [-0.2, -0.15) is 10.5 Å². The quantitative estimate of drug-likeness (QED) is 0.128. The highest BCUT2D eigenvalue weighted by Crippen LogP contribution is 2.52. The fourth-order valence-corrected chi connectivity index (χ4v) is 10.7. The van der Waals surface area contributed by atoms with Gasteiger partial charge in [-0.25, -0.2) is 0 Å². The third-order valence-electron chi connectivity index (χ3n) is 14.4. The average Bonchev–Trinajstić information content (AvgIpc) is 3.35. The molecule has 332 valence electrons. The second-order valence-corrected chi connectivity index (χ2v) is 19.3. The van der Waals surface area contributed by atoms with Crippen LogP contribution in [0.15, 0.2) is 169 Å². The van der Waals surface area contributed by atoms with Gasteiger partial charge in [0.1, 0.15) is 0 Å². The zero-order chi connectivity index (χ0) is 47.4. The van der Waals surface area contributed by atoms with Crippen molar-refractivity contribution in [3.63, 3.8) is 0 Å². The van der Waals surface area contributed by atoms with Crippen molar-refractivity contribution < 1.29 is 0 Å². The van der Waals surface area contributed by atoms with E-state index in [1.165, 1.54) is 82.7 Å². The summed E-state index contributed by atoms with van der Waals surface area (Å²) >= 11 is 0. The second kappa shape index (κ2) is 17.7. The summed E-state index contributed by atoms with van der Waals surface area (Å²) in [5, 5.41) is 26.8. The number of hydrogen-bond acceptors (Lipinski definition) is 4. The molecule has 0 aromatic heterocycles. The van der Waals surface area contributed by atoms with Gasteiger partial charge in [0.15, 0.2) is 0 Å². The Bertz CT molecular complexity index is 3560. The van der Waals surface area contributed by atoms with Crippen LogP contribution in [0, 0.1) is 43.4 Å². The minimum Gasteiger partial charge on any atom is -0.333 e. The normalized spacial score (nSPS) is 13.8. The van der Waals surface area contributed by atoms with E-state index in [0.717, 1.165) is 40.2 Å². The number of allylic oxidation sites excluding steroid dienone is 2. The highest BCUT2D eigenvalue weighted by atomic mass is 15.2. The van der Waals surface area contributed by atoms with Gasteiger partial charge < -0.3 is 9.80 Å². The van der Waals surface area contributed by atoms with Gasteiger partial charge in [0.2, 0.25) is 0 Å². The maximum absolute atomic E-state index is 9.60. The van der Waals surface area contributed by atoms with Crippen LogP contribution >= 0.6 is 0 Å². The largest absolute Gasteiger partial charge is 0.333 e. The van der Waals surface area contributed by atoms with E-state index < -0.39 is 0 Å². The Morgan fingerprint density at radius 2 is 0.941 bits per heavy atom. The number of nitrogens with zero attached hydrogens (tertiary/aromatic N) is 4. The van der Waals surface area contributed by atoms with E-state index in [9.17, 15) is 10.5 Å². The Kier molecular flexibility index (Phi) is 11.4. The van der Waals surface area contributed by atoms with Crippen LogP contribution in [0.4, 0.5) is 28.4 Å². The monoisotopic (exact) mass is 880 g/mol. The van der Waals surface area contributed by atoms with Gasteiger partial charge in [0, 0.05) is 33.5 Å². The number of aryl methyl sites for hydroxylation is 3. The van der Waals surface area contributed by atoms with Gasteiger partial charge in [0.05, 0.1) is 35.0 Å².